The van der Waals surface area contributed by atoms with Crippen molar-refractivity contribution in [3.63, 3.8) is 0 Å². The molecule has 0 amide bonds. The van der Waals surface area contributed by atoms with Gasteiger partial charge >= 0.3 is 0 Å². The second-order valence-electron chi connectivity index (χ2n) is 5.66. The van der Waals surface area contributed by atoms with Gasteiger partial charge < -0.3 is 9.64 Å². The van der Waals surface area contributed by atoms with Crippen LogP contribution >= 0.6 is 11.6 Å². The predicted octanol–water partition coefficient (Wildman–Crippen LogP) is 2.22. The molecule has 0 radical (unpaired) electrons. The zero-order valence-electron chi connectivity index (χ0n) is 13.8. The molecule has 1 N–H and O–H groups in total. The Morgan fingerprint density at radius 3 is 2.76 bits per heavy atom. The van der Waals surface area contributed by atoms with Crippen LogP contribution in [0.3, 0.4) is 0 Å². The van der Waals surface area contributed by atoms with E-state index in [2.05, 4.69) is 19.6 Å². The summed E-state index contributed by atoms with van der Waals surface area (Å²) in [6.45, 7) is 1.91. The molecule has 0 atom stereocenters. The average Bonchev–Trinajstić information content (AvgIpc) is 3.15. The lowest BCUT2D eigenvalue weighted by molar-refractivity contribution is 0.402. The molecule has 1 aromatic heterocycles. The molecule has 2 aromatic rings. The topological polar surface area (TPSA) is 84.4 Å². The fourth-order valence-electron chi connectivity index (χ4n) is 2.66. The van der Waals surface area contributed by atoms with Gasteiger partial charge in [0.2, 0.25) is 16.0 Å². The number of anilines is 1. The van der Waals surface area contributed by atoms with Gasteiger partial charge in [0.05, 0.1) is 19.3 Å². The zero-order chi connectivity index (χ0) is 17.9. The van der Waals surface area contributed by atoms with Crippen LogP contribution in [0, 0.1) is 0 Å². The van der Waals surface area contributed by atoms with Crippen molar-refractivity contribution in [2.45, 2.75) is 24.3 Å². The first-order chi connectivity index (χ1) is 12.0. The number of nitrogens with one attached hydrogen (secondary N) is 1. The summed E-state index contributed by atoms with van der Waals surface area (Å²) in [5.41, 5.74) is 0.599. The monoisotopic (exact) mass is 382 g/mol. The van der Waals surface area contributed by atoms with Gasteiger partial charge in [-0.2, -0.15) is 0 Å². The van der Waals surface area contributed by atoms with Crippen LogP contribution in [0.4, 0.5) is 5.95 Å². The molecular formula is C16H19ClN4O3S. The minimum absolute atomic E-state index is 0.00341. The summed E-state index contributed by atoms with van der Waals surface area (Å²) in [5.74, 6) is 0.867. The first-order valence-corrected chi connectivity index (χ1v) is 9.76. The second-order valence-corrected chi connectivity index (χ2v) is 7.83. The van der Waals surface area contributed by atoms with E-state index < -0.39 is 10.0 Å². The molecule has 7 nitrogen and oxygen atoms in total. The number of aromatic nitrogens is 2. The highest BCUT2D eigenvalue weighted by atomic mass is 35.5. The largest absolute Gasteiger partial charge is 0.495 e. The Morgan fingerprint density at radius 2 is 2.04 bits per heavy atom. The van der Waals surface area contributed by atoms with Crippen LogP contribution in [0.5, 0.6) is 5.75 Å². The zero-order valence-corrected chi connectivity index (χ0v) is 15.3. The standard InChI is InChI=1S/C16H19ClN4O3S/c1-24-14-5-4-12(17)10-15(14)25(22,23)19-11-13-6-7-18-16(20-13)21-8-2-3-9-21/h4-7,10,19H,2-3,8-9,11H2,1H3. The predicted molar refractivity (Wildman–Crippen MR) is 95.5 cm³/mol. The molecule has 1 fully saturated rings. The first-order valence-electron chi connectivity index (χ1n) is 7.90. The van der Waals surface area contributed by atoms with Crippen LogP contribution in [0.1, 0.15) is 18.5 Å². The molecule has 1 aliphatic rings. The Morgan fingerprint density at radius 1 is 1.28 bits per heavy atom. The van der Waals surface area contributed by atoms with E-state index in [4.69, 9.17) is 16.3 Å². The van der Waals surface area contributed by atoms with Crippen molar-refractivity contribution in [3.05, 3.63) is 41.2 Å². The minimum Gasteiger partial charge on any atom is -0.495 e. The van der Waals surface area contributed by atoms with Crippen LogP contribution in [0.15, 0.2) is 35.4 Å². The molecule has 9 heteroatoms. The summed E-state index contributed by atoms with van der Waals surface area (Å²) in [7, 11) is -2.38. The fourth-order valence-corrected chi connectivity index (χ4v) is 4.09. The lowest BCUT2D eigenvalue weighted by Crippen LogP contribution is -2.25. The molecule has 134 valence electrons. The molecule has 0 bridgehead atoms. The molecule has 0 unspecified atom stereocenters. The SMILES string of the molecule is COc1ccc(Cl)cc1S(=O)(=O)NCc1ccnc(N2CCCC2)n1. The molecule has 0 aliphatic carbocycles. The molecule has 0 spiro atoms. The minimum atomic E-state index is -3.79. The summed E-state index contributed by atoms with van der Waals surface area (Å²) in [4.78, 5) is 10.8. The van der Waals surface area contributed by atoms with Crippen LogP contribution in [-0.2, 0) is 16.6 Å². The molecule has 2 heterocycles. The van der Waals surface area contributed by atoms with Crippen molar-refractivity contribution < 1.29 is 13.2 Å². The van der Waals surface area contributed by atoms with Gasteiger partial charge in [-0.15, -0.1) is 0 Å². The Labute approximate surface area is 152 Å². The van der Waals surface area contributed by atoms with E-state index >= 15 is 0 Å². The van der Waals surface area contributed by atoms with E-state index in [1.807, 2.05) is 0 Å². The maximum atomic E-state index is 12.6. The summed E-state index contributed by atoms with van der Waals surface area (Å²) in [6.07, 6.45) is 3.88. The Kier molecular flexibility index (Phi) is 5.41. The number of nitrogens with zero attached hydrogens (tertiary/aromatic N) is 3. The third-order valence-corrected chi connectivity index (χ3v) is 5.61. The lowest BCUT2D eigenvalue weighted by Gasteiger charge is -2.15. The highest BCUT2D eigenvalue weighted by molar-refractivity contribution is 7.89. The fraction of sp³-hybridized carbons (Fsp3) is 0.375. The van der Waals surface area contributed by atoms with Crippen molar-refractivity contribution >= 4 is 27.6 Å². The van der Waals surface area contributed by atoms with Crippen molar-refractivity contribution in [1.82, 2.24) is 14.7 Å². The highest BCUT2D eigenvalue weighted by Gasteiger charge is 2.20. The number of sulfonamides is 1. The summed E-state index contributed by atoms with van der Waals surface area (Å²) in [6, 6.07) is 6.15. The molecule has 3 rings (SSSR count). The van der Waals surface area contributed by atoms with Gasteiger partial charge in [-0.25, -0.2) is 23.1 Å². The third-order valence-electron chi connectivity index (χ3n) is 3.95. The van der Waals surface area contributed by atoms with Gasteiger partial charge in [0, 0.05) is 24.3 Å². The number of methoxy groups -OCH3 is 1. The Bertz CT molecular complexity index is 854. The number of rotatable bonds is 6. The van der Waals surface area contributed by atoms with Crippen molar-refractivity contribution in [2.24, 2.45) is 0 Å². The van der Waals surface area contributed by atoms with Gasteiger partial charge in [-0.1, -0.05) is 11.6 Å². The van der Waals surface area contributed by atoms with E-state index in [0.717, 1.165) is 25.9 Å². The average molecular weight is 383 g/mol. The highest BCUT2D eigenvalue weighted by Crippen LogP contribution is 2.27. The van der Waals surface area contributed by atoms with Crippen molar-refractivity contribution in [3.8, 4) is 5.75 Å². The number of ether oxygens (including phenoxy) is 1. The summed E-state index contributed by atoms with van der Waals surface area (Å²) >= 11 is 5.92. The van der Waals surface area contributed by atoms with Gasteiger partial charge in [-0.3, -0.25) is 0 Å². The van der Waals surface area contributed by atoms with E-state index in [0.29, 0.717) is 16.7 Å². The molecule has 25 heavy (non-hydrogen) atoms. The lowest BCUT2D eigenvalue weighted by atomic mass is 10.3. The van der Waals surface area contributed by atoms with Crippen molar-refractivity contribution in [1.29, 1.82) is 0 Å². The first kappa shape index (κ1) is 17.9. The van der Waals surface area contributed by atoms with Crippen molar-refractivity contribution in [2.75, 3.05) is 25.1 Å². The molecule has 1 saturated heterocycles. The Balaban J connectivity index is 1.76. The van der Waals surface area contributed by atoms with Crippen LogP contribution in [-0.4, -0.2) is 38.6 Å². The maximum Gasteiger partial charge on any atom is 0.244 e. The number of benzene rings is 1. The number of hydrogen-bond donors (Lipinski definition) is 1. The summed E-state index contributed by atoms with van der Waals surface area (Å²) < 4.78 is 32.8. The quantitative estimate of drug-likeness (QED) is 0.824. The third kappa shape index (κ3) is 4.20. The molecule has 1 aromatic carbocycles. The molecule has 1 aliphatic heterocycles. The molecule has 0 saturated carbocycles. The molecular weight excluding hydrogens is 364 g/mol. The van der Waals surface area contributed by atoms with Crippen LogP contribution < -0.4 is 14.4 Å². The summed E-state index contributed by atoms with van der Waals surface area (Å²) in [5, 5.41) is 0.319. The van der Waals surface area contributed by atoms with Crippen LogP contribution in [0.25, 0.3) is 0 Å². The second kappa shape index (κ2) is 7.55. The maximum absolute atomic E-state index is 12.6. The Hall–Kier alpha value is -1.90. The van der Waals surface area contributed by atoms with Gasteiger partial charge in [0.25, 0.3) is 0 Å². The van der Waals surface area contributed by atoms with Gasteiger partial charge in [-0.05, 0) is 37.1 Å². The number of hydrogen-bond acceptors (Lipinski definition) is 6. The van der Waals surface area contributed by atoms with E-state index in [1.165, 1.54) is 19.2 Å². The van der Waals surface area contributed by atoms with Gasteiger partial charge in [0.1, 0.15) is 10.6 Å². The van der Waals surface area contributed by atoms with Crippen LogP contribution in [0.2, 0.25) is 5.02 Å². The van der Waals surface area contributed by atoms with E-state index in [1.54, 1.807) is 18.3 Å². The number of halogens is 1. The normalized spacial score (nSPS) is 14.7. The van der Waals surface area contributed by atoms with E-state index in [-0.39, 0.29) is 17.2 Å². The smallest absolute Gasteiger partial charge is 0.244 e. The van der Waals surface area contributed by atoms with E-state index in [9.17, 15) is 8.42 Å². The van der Waals surface area contributed by atoms with Gasteiger partial charge in [0.15, 0.2) is 0 Å².